The fourth-order valence-electron chi connectivity index (χ4n) is 6.07. The highest BCUT2D eigenvalue weighted by molar-refractivity contribution is 6.22. The van der Waals surface area contributed by atoms with Crippen LogP contribution >= 0.6 is 0 Å². The van der Waals surface area contributed by atoms with Crippen molar-refractivity contribution in [2.24, 2.45) is 17.8 Å². The number of aliphatic hydroxyl groups is 2. The van der Waals surface area contributed by atoms with Crippen LogP contribution in [0.3, 0.4) is 0 Å². The van der Waals surface area contributed by atoms with Gasteiger partial charge >= 0.3 is 0 Å². The molecule has 1 aliphatic carbocycles. The van der Waals surface area contributed by atoms with Crippen molar-refractivity contribution >= 4 is 29.3 Å². The smallest absolute Gasteiger partial charge is 0.271 e. The molecular formula is C30H34N2O7. The molecule has 0 saturated carbocycles. The van der Waals surface area contributed by atoms with Gasteiger partial charge in [-0.25, -0.2) is 4.90 Å². The third-order valence-corrected chi connectivity index (χ3v) is 7.92. The summed E-state index contributed by atoms with van der Waals surface area (Å²) in [5.74, 6) is -2.98. The molecule has 0 bridgehead atoms. The number of aliphatic hydroxyl groups excluding tert-OH is 2. The summed E-state index contributed by atoms with van der Waals surface area (Å²) in [5, 5.41) is 42.8. The minimum atomic E-state index is -0.912. The van der Waals surface area contributed by atoms with Gasteiger partial charge in [-0.2, -0.15) is 0 Å². The van der Waals surface area contributed by atoms with Gasteiger partial charge in [-0.3, -0.25) is 19.7 Å². The molecule has 2 amide bonds. The Balaban J connectivity index is 1.54. The number of hydrogen-bond donors (Lipinski definition) is 3. The lowest BCUT2D eigenvalue weighted by atomic mass is 9.68. The van der Waals surface area contributed by atoms with Crippen LogP contribution in [0.2, 0.25) is 0 Å². The number of carbonyl (C=O) groups excluding carboxylic acids is 2. The Kier molecular flexibility index (Phi) is 8.04. The number of amides is 2. The number of anilines is 1. The Morgan fingerprint density at radius 2 is 1.82 bits per heavy atom. The Bertz CT molecular complexity index is 1370. The number of benzene rings is 2. The SMILES string of the molecule is CC1=C([C@H](O)CC/C(C)=C/c2cc(C)c(O)c(C)c2)[C@H](CO)[C@@H]2C(=O)N(c3cccc([N+](=O)[O-])c3)C(=O)[C@@H]2C1. The van der Waals surface area contributed by atoms with Gasteiger partial charge in [0.1, 0.15) is 5.75 Å². The van der Waals surface area contributed by atoms with Gasteiger partial charge < -0.3 is 15.3 Å². The maximum absolute atomic E-state index is 13.5. The number of nitro groups is 1. The van der Waals surface area contributed by atoms with Crippen molar-refractivity contribution in [2.75, 3.05) is 11.5 Å². The molecule has 39 heavy (non-hydrogen) atoms. The van der Waals surface area contributed by atoms with E-state index < -0.39 is 47.2 Å². The Hall–Kier alpha value is -3.82. The van der Waals surface area contributed by atoms with Crippen LogP contribution in [0, 0.1) is 41.7 Å². The lowest BCUT2D eigenvalue weighted by Crippen LogP contribution is -2.38. The van der Waals surface area contributed by atoms with E-state index in [1.165, 1.54) is 24.3 Å². The minimum Gasteiger partial charge on any atom is -0.507 e. The van der Waals surface area contributed by atoms with Gasteiger partial charge in [0.15, 0.2) is 0 Å². The summed E-state index contributed by atoms with van der Waals surface area (Å²) in [5.41, 5.74) is 4.81. The highest BCUT2D eigenvalue weighted by Crippen LogP contribution is 2.47. The molecule has 1 aliphatic heterocycles. The van der Waals surface area contributed by atoms with Crippen molar-refractivity contribution in [3.05, 3.63) is 79.9 Å². The first-order chi connectivity index (χ1) is 18.4. The highest BCUT2D eigenvalue weighted by Gasteiger charge is 2.55. The second-order valence-electron chi connectivity index (χ2n) is 10.7. The zero-order chi connectivity index (χ0) is 28.6. The van der Waals surface area contributed by atoms with Gasteiger partial charge in [-0.15, -0.1) is 0 Å². The van der Waals surface area contributed by atoms with E-state index in [0.717, 1.165) is 32.7 Å². The average Bonchev–Trinajstić information content (AvgIpc) is 3.14. The topological polar surface area (TPSA) is 141 Å². The predicted molar refractivity (Wildman–Crippen MR) is 147 cm³/mol. The molecule has 1 saturated heterocycles. The molecule has 206 valence electrons. The van der Waals surface area contributed by atoms with E-state index in [9.17, 15) is 35.0 Å². The number of non-ortho nitro benzene ring substituents is 1. The van der Waals surface area contributed by atoms with E-state index in [1.54, 1.807) is 0 Å². The summed E-state index contributed by atoms with van der Waals surface area (Å²) in [4.78, 5) is 38.5. The van der Waals surface area contributed by atoms with Crippen LogP contribution in [0.25, 0.3) is 6.08 Å². The summed E-state index contributed by atoms with van der Waals surface area (Å²) in [6.07, 6.45) is 2.30. The first kappa shape index (κ1) is 28.2. The maximum Gasteiger partial charge on any atom is 0.271 e. The summed E-state index contributed by atoms with van der Waals surface area (Å²) >= 11 is 0. The minimum absolute atomic E-state index is 0.130. The van der Waals surface area contributed by atoms with Crippen LogP contribution in [-0.4, -0.2) is 44.8 Å². The van der Waals surface area contributed by atoms with Gasteiger partial charge in [-0.1, -0.05) is 23.3 Å². The van der Waals surface area contributed by atoms with Crippen molar-refractivity contribution in [2.45, 2.75) is 53.1 Å². The molecule has 9 nitrogen and oxygen atoms in total. The molecule has 0 radical (unpaired) electrons. The molecule has 2 aromatic carbocycles. The Labute approximate surface area is 227 Å². The van der Waals surface area contributed by atoms with E-state index in [4.69, 9.17) is 0 Å². The molecule has 4 atom stereocenters. The second kappa shape index (κ2) is 11.1. The third kappa shape index (κ3) is 5.37. The van der Waals surface area contributed by atoms with Crippen molar-refractivity contribution in [3.63, 3.8) is 0 Å². The lowest BCUT2D eigenvalue weighted by molar-refractivity contribution is -0.384. The van der Waals surface area contributed by atoms with Crippen molar-refractivity contribution in [1.82, 2.24) is 0 Å². The fraction of sp³-hybridized carbons (Fsp3) is 0.400. The van der Waals surface area contributed by atoms with Crippen LogP contribution in [0.5, 0.6) is 5.75 Å². The molecule has 9 heteroatoms. The summed E-state index contributed by atoms with van der Waals surface area (Å²) in [7, 11) is 0. The maximum atomic E-state index is 13.5. The van der Waals surface area contributed by atoms with Gasteiger partial charge in [0.05, 0.1) is 35.2 Å². The van der Waals surface area contributed by atoms with E-state index in [1.807, 2.05) is 45.9 Å². The molecular weight excluding hydrogens is 500 g/mol. The van der Waals surface area contributed by atoms with E-state index in [0.29, 0.717) is 18.4 Å². The van der Waals surface area contributed by atoms with Crippen LogP contribution in [0.1, 0.15) is 49.8 Å². The molecule has 0 spiro atoms. The Morgan fingerprint density at radius 1 is 1.15 bits per heavy atom. The number of nitrogens with zero attached hydrogens (tertiary/aromatic N) is 2. The van der Waals surface area contributed by atoms with Crippen molar-refractivity contribution < 1.29 is 29.8 Å². The molecule has 3 N–H and O–H groups in total. The third-order valence-electron chi connectivity index (χ3n) is 7.92. The number of hydrogen-bond acceptors (Lipinski definition) is 7. The largest absolute Gasteiger partial charge is 0.507 e. The first-order valence-electron chi connectivity index (χ1n) is 13.0. The summed E-state index contributed by atoms with van der Waals surface area (Å²) in [6.45, 7) is 7.05. The number of phenolic OH excluding ortho intramolecular Hbond substituents is 1. The first-order valence-corrected chi connectivity index (χ1v) is 13.0. The van der Waals surface area contributed by atoms with Crippen molar-refractivity contribution in [3.8, 4) is 5.75 Å². The molecule has 4 rings (SSSR count). The molecule has 1 fully saturated rings. The summed E-state index contributed by atoms with van der Waals surface area (Å²) < 4.78 is 0. The number of fused-ring (bicyclic) bond motifs is 1. The van der Waals surface area contributed by atoms with Crippen LogP contribution in [0.15, 0.2) is 53.1 Å². The van der Waals surface area contributed by atoms with Crippen LogP contribution in [-0.2, 0) is 9.59 Å². The standard InChI is InChI=1S/C30H34N2O7/c1-16(10-20-11-18(3)28(35)19(4)12-20)8-9-25(34)26-17(2)13-23-27(24(26)15-33)30(37)31(29(23)36)21-6-5-7-22(14-21)32(38)39/h5-7,10-12,14,23-25,27,33-35H,8-9,13,15H2,1-4H3/b16-10+/t23-,24+,25-,27-/m1/s1. The monoisotopic (exact) mass is 534 g/mol. The van der Waals surface area contributed by atoms with Crippen molar-refractivity contribution in [1.29, 1.82) is 0 Å². The van der Waals surface area contributed by atoms with E-state index in [-0.39, 0.29) is 23.5 Å². The number of aromatic hydroxyl groups is 1. The van der Waals surface area contributed by atoms with Crippen LogP contribution < -0.4 is 4.90 Å². The van der Waals surface area contributed by atoms with E-state index in [2.05, 4.69) is 0 Å². The molecule has 2 aromatic rings. The predicted octanol–water partition coefficient (Wildman–Crippen LogP) is 4.60. The van der Waals surface area contributed by atoms with Crippen LogP contribution in [0.4, 0.5) is 11.4 Å². The number of carbonyl (C=O) groups is 2. The van der Waals surface area contributed by atoms with Gasteiger partial charge in [0.25, 0.3) is 5.69 Å². The normalized spacial score (nSPS) is 22.4. The average molecular weight is 535 g/mol. The number of rotatable bonds is 8. The Morgan fingerprint density at radius 3 is 2.44 bits per heavy atom. The number of allylic oxidation sites excluding steroid dienone is 2. The highest BCUT2D eigenvalue weighted by atomic mass is 16.6. The van der Waals surface area contributed by atoms with Gasteiger partial charge in [-0.05, 0) is 87.4 Å². The summed E-state index contributed by atoms with van der Waals surface area (Å²) in [6, 6.07) is 9.19. The zero-order valence-electron chi connectivity index (χ0n) is 22.5. The van der Waals surface area contributed by atoms with E-state index >= 15 is 0 Å². The molecule has 2 aliphatic rings. The van der Waals surface area contributed by atoms with Gasteiger partial charge in [0, 0.05) is 18.1 Å². The second-order valence-corrected chi connectivity index (χ2v) is 10.7. The number of nitro benzene ring substituents is 1. The zero-order valence-corrected chi connectivity index (χ0v) is 22.5. The number of imide groups is 1. The lowest BCUT2D eigenvalue weighted by Gasteiger charge is -2.35. The fourth-order valence-corrected chi connectivity index (χ4v) is 6.07. The molecule has 1 heterocycles. The quantitative estimate of drug-likeness (QED) is 0.195. The molecule has 0 aromatic heterocycles. The van der Waals surface area contributed by atoms with Gasteiger partial charge in [0.2, 0.25) is 11.8 Å². The number of aryl methyl sites for hydroxylation is 2. The molecule has 0 unspecified atom stereocenters. The number of phenols is 1.